The van der Waals surface area contributed by atoms with Gasteiger partial charge in [0, 0.05) is 25.2 Å². The molecule has 2 aromatic rings. The second-order valence-electron chi connectivity index (χ2n) is 6.32. The first-order valence-electron chi connectivity index (χ1n) is 8.21. The van der Waals surface area contributed by atoms with Gasteiger partial charge in [-0.2, -0.15) is 0 Å². The Morgan fingerprint density at radius 2 is 1.85 bits per heavy atom. The van der Waals surface area contributed by atoms with Crippen LogP contribution in [-0.4, -0.2) is 37.0 Å². The Balaban J connectivity index is 0.00000338. The van der Waals surface area contributed by atoms with Gasteiger partial charge >= 0.3 is 0 Å². The minimum absolute atomic E-state index is 0. The van der Waals surface area contributed by atoms with E-state index in [1.165, 1.54) is 5.56 Å². The number of aromatic nitrogens is 1. The maximum atomic E-state index is 12.0. The van der Waals surface area contributed by atoms with Gasteiger partial charge in [0.2, 0.25) is 5.91 Å². The van der Waals surface area contributed by atoms with Gasteiger partial charge in [-0.15, -0.1) is 24.0 Å². The van der Waals surface area contributed by atoms with Crippen molar-refractivity contribution in [1.29, 1.82) is 0 Å². The first-order valence-corrected chi connectivity index (χ1v) is 8.21. The van der Waals surface area contributed by atoms with Crippen molar-refractivity contribution in [2.24, 2.45) is 4.99 Å². The molecule has 1 aromatic heterocycles. The third-order valence-electron chi connectivity index (χ3n) is 3.84. The Bertz CT molecular complexity index is 704. The fourth-order valence-electron chi connectivity index (χ4n) is 2.32. The van der Waals surface area contributed by atoms with E-state index >= 15 is 0 Å². The molecule has 0 aliphatic carbocycles. The molecule has 0 saturated carbocycles. The number of nitrogens with zero attached hydrogens (tertiary/aromatic N) is 2. The molecule has 1 amide bonds. The van der Waals surface area contributed by atoms with Crippen LogP contribution in [0.5, 0.6) is 0 Å². The molecule has 0 atom stereocenters. The fourth-order valence-corrected chi connectivity index (χ4v) is 2.32. The van der Waals surface area contributed by atoms with Crippen molar-refractivity contribution >= 4 is 41.5 Å². The summed E-state index contributed by atoms with van der Waals surface area (Å²) in [5, 5.41) is 9.07. The molecule has 26 heavy (non-hydrogen) atoms. The molecular formula is C19H26IN5O. The lowest BCUT2D eigenvalue weighted by molar-refractivity contribution is -0.115. The van der Waals surface area contributed by atoms with Crippen molar-refractivity contribution in [2.45, 2.75) is 19.3 Å². The maximum Gasteiger partial charge on any atom is 0.243 e. The number of nitrogens with one attached hydrogen (secondary N) is 3. The van der Waals surface area contributed by atoms with E-state index in [2.05, 4.69) is 51.9 Å². The first-order chi connectivity index (χ1) is 12.0. The highest BCUT2D eigenvalue weighted by Gasteiger charge is 2.20. The zero-order valence-electron chi connectivity index (χ0n) is 15.3. The maximum absolute atomic E-state index is 12.0. The Kier molecular flexibility index (Phi) is 9.04. The minimum Gasteiger partial charge on any atom is -0.356 e. The quantitative estimate of drug-likeness (QED) is 0.347. The number of pyridine rings is 1. The number of guanidine groups is 1. The average Bonchev–Trinajstić information content (AvgIpc) is 2.63. The third-order valence-corrected chi connectivity index (χ3v) is 3.84. The van der Waals surface area contributed by atoms with E-state index in [9.17, 15) is 4.79 Å². The number of rotatable bonds is 6. The van der Waals surface area contributed by atoms with E-state index in [0.29, 0.717) is 18.2 Å². The van der Waals surface area contributed by atoms with Crippen molar-refractivity contribution in [3.05, 3.63) is 60.4 Å². The van der Waals surface area contributed by atoms with Crippen LogP contribution in [0.4, 0.5) is 5.69 Å². The summed E-state index contributed by atoms with van der Waals surface area (Å²) >= 11 is 0. The molecular weight excluding hydrogens is 441 g/mol. The van der Waals surface area contributed by atoms with Crippen LogP contribution >= 0.6 is 24.0 Å². The van der Waals surface area contributed by atoms with Crippen LogP contribution in [0.2, 0.25) is 0 Å². The summed E-state index contributed by atoms with van der Waals surface area (Å²) in [5.74, 6) is 0.434. The molecule has 0 bridgehead atoms. The molecule has 2 rings (SSSR count). The zero-order valence-corrected chi connectivity index (χ0v) is 17.7. The van der Waals surface area contributed by atoms with Gasteiger partial charge < -0.3 is 16.0 Å². The number of hydrogen-bond acceptors (Lipinski definition) is 3. The molecule has 0 spiro atoms. The van der Waals surface area contributed by atoms with E-state index in [1.54, 1.807) is 31.6 Å². The third kappa shape index (κ3) is 6.99. The molecule has 0 aliphatic heterocycles. The van der Waals surface area contributed by atoms with E-state index in [-0.39, 0.29) is 41.8 Å². The highest BCUT2D eigenvalue weighted by Crippen LogP contribution is 2.21. The van der Waals surface area contributed by atoms with Gasteiger partial charge in [-0.25, -0.2) is 0 Å². The Hall–Kier alpha value is -2.16. The molecule has 0 aliphatic rings. The number of benzene rings is 1. The monoisotopic (exact) mass is 467 g/mol. The predicted octanol–water partition coefficient (Wildman–Crippen LogP) is 2.78. The van der Waals surface area contributed by atoms with Gasteiger partial charge in [0.05, 0.1) is 18.4 Å². The van der Waals surface area contributed by atoms with Crippen LogP contribution in [0.1, 0.15) is 19.4 Å². The lowest BCUT2D eigenvalue weighted by Crippen LogP contribution is -2.45. The van der Waals surface area contributed by atoms with Crippen LogP contribution in [0.25, 0.3) is 0 Å². The van der Waals surface area contributed by atoms with Crippen molar-refractivity contribution in [3.63, 3.8) is 0 Å². The molecule has 0 unspecified atom stereocenters. The van der Waals surface area contributed by atoms with E-state index in [4.69, 9.17) is 0 Å². The molecule has 0 fully saturated rings. The summed E-state index contributed by atoms with van der Waals surface area (Å²) in [7, 11) is 1.68. The average molecular weight is 467 g/mol. The summed E-state index contributed by atoms with van der Waals surface area (Å²) in [6, 6.07) is 13.9. The number of hydrogen-bond donors (Lipinski definition) is 3. The molecule has 0 saturated heterocycles. The molecule has 6 nitrogen and oxygen atoms in total. The SMILES string of the molecule is CN=C(NCC(=O)Nc1cccnc1)NCC(C)(C)c1ccccc1.I. The molecule has 3 N–H and O–H groups in total. The Morgan fingerprint density at radius 3 is 2.46 bits per heavy atom. The smallest absolute Gasteiger partial charge is 0.243 e. The topological polar surface area (TPSA) is 78.4 Å². The molecule has 7 heteroatoms. The lowest BCUT2D eigenvalue weighted by atomic mass is 9.85. The van der Waals surface area contributed by atoms with Crippen LogP contribution in [-0.2, 0) is 10.2 Å². The number of aliphatic imine (C=N–C) groups is 1. The Labute approximate surface area is 171 Å². The van der Waals surface area contributed by atoms with Crippen LogP contribution in [0, 0.1) is 0 Å². The number of halogens is 1. The number of amides is 1. The molecule has 140 valence electrons. The summed E-state index contributed by atoms with van der Waals surface area (Å²) in [6.07, 6.45) is 3.27. The van der Waals surface area contributed by atoms with Crippen molar-refractivity contribution in [3.8, 4) is 0 Å². The standard InChI is InChI=1S/C19H25N5O.HI/c1-19(2,15-8-5-4-6-9-15)14-23-18(20-3)22-13-17(25)24-16-10-7-11-21-12-16;/h4-12H,13-14H2,1-3H3,(H,24,25)(H2,20,22,23);1H. The number of carbonyl (C=O) groups is 1. The van der Waals surface area contributed by atoms with Crippen LogP contribution in [0.15, 0.2) is 59.9 Å². The second kappa shape index (κ2) is 10.7. The molecule has 0 radical (unpaired) electrons. The summed E-state index contributed by atoms with van der Waals surface area (Å²) < 4.78 is 0. The highest BCUT2D eigenvalue weighted by molar-refractivity contribution is 14.0. The lowest BCUT2D eigenvalue weighted by Gasteiger charge is -2.26. The largest absolute Gasteiger partial charge is 0.356 e. The Morgan fingerprint density at radius 1 is 1.12 bits per heavy atom. The van der Waals surface area contributed by atoms with Crippen LogP contribution < -0.4 is 16.0 Å². The minimum atomic E-state index is -0.154. The number of anilines is 1. The summed E-state index contributed by atoms with van der Waals surface area (Å²) in [5.41, 5.74) is 1.85. The number of carbonyl (C=O) groups excluding carboxylic acids is 1. The van der Waals surface area contributed by atoms with Gasteiger partial charge in [0.15, 0.2) is 5.96 Å². The van der Waals surface area contributed by atoms with Gasteiger partial charge in [0.1, 0.15) is 0 Å². The van der Waals surface area contributed by atoms with Crippen molar-refractivity contribution in [1.82, 2.24) is 15.6 Å². The van der Waals surface area contributed by atoms with E-state index < -0.39 is 0 Å². The predicted molar refractivity (Wildman–Crippen MR) is 117 cm³/mol. The summed E-state index contributed by atoms with van der Waals surface area (Å²) in [4.78, 5) is 20.1. The van der Waals surface area contributed by atoms with Crippen molar-refractivity contribution < 1.29 is 4.79 Å². The fraction of sp³-hybridized carbons (Fsp3) is 0.316. The molecule has 1 aromatic carbocycles. The van der Waals surface area contributed by atoms with Gasteiger partial charge in [-0.3, -0.25) is 14.8 Å². The van der Waals surface area contributed by atoms with E-state index in [0.717, 1.165) is 0 Å². The van der Waals surface area contributed by atoms with Crippen molar-refractivity contribution in [2.75, 3.05) is 25.5 Å². The second-order valence-corrected chi connectivity index (χ2v) is 6.32. The van der Waals surface area contributed by atoms with Crippen LogP contribution in [0.3, 0.4) is 0 Å². The van der Waals surface area contributed by atoms with Gasteiger partial charge in [-0.05, 0) is 17.7 Å². The normalized spacial score (nSPS) is 11.3. The van der Waals surface area contributed by atoms with Gasteiger partial charge in [0.25, 0.3) is 0 Å². The summed E-state index contributed by atoms with van der Waals surface area (Å²) in [6.45, 7) is 5.15. The zero-order chi connectivity index (χ0) is 18.1. The highest BCUT2D eigenvalue weighted by atomic mass is 127. The molecule has 1 heterocycles. The van der Waals surface area contributed by atoms with E-state index in [1.807, 2.05) is 18.2 Å². The first kappa shape index (κ1) is 21.9. The van der Waals surface area contributed by atoms with Gasteiger partial charge in [-0.1, -0.05) is 44.2 Å².